The van der Waals surface area contributed by atoms with Gasteiger partial charge in [-0.2, -0.15) is 0 Å². The fraction of sp³-hybridized carbons (Fsp3) is 0.400. The lowest BCUT2D eigenvalue weighted by molar-refractivity contribution is 0.0327. The Morgan fingerprint density at radius 1 is 1.60 bits per heavy atom. The molecule has 1 aromatic carbocycles. The van der Waals surface area contributed by atoms with Crippen LogP contribution in [0.5, 0.6) is 0 Å². The van der Waals surface area contributed by atoms with Crippen molar-refractivity contribution in [3.8, 4) is 0 Å². The zero-order chi connectivity index (χ0) is 14.8. The van der Waals surface area contributed by atoms with Gasteiger partial charge in [-0.05, 0) is 24.6 Å². The van der Waals surface area contributed by atoms with Crippen molar-refractivity contribution in [3.05, 3.63) is 47.0 Å². The molecule has 1 aromatic rings. The van der Waals surface area contributed by atoms with Crippen LogP contribution in [0.2, 0.25) is 5.02 Å². The Labute approximate surface area is 123 Å². The number of rotatable bonds is 4. The molecule has 20 heavy (non-hydrogen) atoms. The van der Waals surface area contributed by atoms with E-state index in [1.165, 1.54) is 0 Å². The molecule has 2 rings (SSSR count). The Morgan fingerprint density at radius 3 is 2.90 bits per heavy atom. The summed E-state index contributed by atoms with van der Waals surface area (Å²) < 4.78 is 14.6. The molecule has 1 aliphatic carbocycles. The number of nitrogens with zero attached hydrogens (tertiary/aromatic N) is 1. The highest BCUT2D eigenvalue weighted by Gasteiger charge is 2.46. The molecule has 1 aliphatic rings. The average Bonchev–Trinajstić information content (AvgIpc) is 2.34. The van der Waals surface area contributed by atoms with Gasteiger partial charge in [0.25, 0.3) is 0 Å². The van der Waals surface area contributed by atoms with Gasteiger partial charge in [0.15, 0.2) is 5.96 Å². The van der Waals surface area contributed by atoms with Gasteiger partial charge in [0.1, 0.15) is 5.67 Å². The van der Waals surface area contributed by atoms with E-state index in [2.05, 4.69) is 16.9 Å². The standard InChI is InChI=1S/C15H19ClFN3/c1-10(2)9-19-14(18)20-13-7-15(17,8-13)11-4-3-5-12(16)6-11/h3-6,13H,1,7-9H2,2H3,(H3,18,19,20). The van der Waals surface area contributed by atoms with Crippen molar-refractivity contribution in [3.63, 3.8) is 0 Å². The first-order valence-electron chi connectivity index (χ1n) is 6.55. The molecule has 5 heteroatoms. The van der Waals surface area contributed by atoms with Gasteiger partial charge >= 0.3 is 0 Å². The number of benzene rings is 1. The summed E-state index contributed by atoms with van der Waals surface area (Å²) >= 11 is 5.89. The topological polar surface area (TPSA) is 50.4 Å². The third-order valence-corrected chi connectivity index (χ3v) is 3.59. The normalized spacial score (nSPS) is 25.9. The number of nitrogens with two attached hydrogens (primary N) is 1. The Balaban J connectivity index is 1.90. The molecule has 0 aliphatic heterocycles. The summed E-state index contributed by atoms with van der Waals surface area (Å²) in [5.74, 6) is 0.339. The molecule has 3 N–H and O–H groups in total. The monoisotopic (exact) mass is 295 g/mol. The van der Waals surface area contributed by atoms with Crippen LogP contribution in [-0.4, -0.2) is 18.5 Å². The van der Waals surface area contributed by atoms with Crippen LogP contribution in [0, 0.1) is 0 Å². The smallest absolute Gasteiger partial charge is 0.189 e. The van der Waals surface area contributed by atoms with Crippen LogP contribution >= 0.6 is 11.6 Å². The fourth-order valence-corrected chi connectivity index (χ4v) is 2.49. The van der Waals surface area contributed by atoms with Crippen LogP contribution in [0.1, 0.15) is 25.3 Å². The number of alkyl halides is 1. The zero-order valence-corrected chi connectivity index (χ0v) is 12.3. The van der Waals surface area contributed by atoms with Crippen molar-refractivity contribution in [2.75, 3.05) is 6.54 Å². The first kappa shape index (κ1) is 14.9. The molecule has 3 nitrogen and oxygen atoms in total. The number of nitrogens with one attached hydrogen (secondary N) is 1. The lowest BCUT2D eigenvalue weighted by Gasteiger charge is -2.42. The Hall–Kier alpha value is -1.55. The van der Waals surface area contributed by atoms with Crippen LogP contribution in [0.4, 0.5) is 4.39 Å². The summed E-state index contributed by atoms with van der Waals surface area (Å²) in [5, 5.41) is 3.58. The molecular formula is C15H19ClFN3. The van der Waals surface area contributed by atoms with Crippen molar-refractivity contribution >= 4 is 17.6 Å². The third kappa shape index (κ3) is 3.51. The molecule has 0 saturated heterocycles. The number of halogens is 2. The molecular weight excluding hydrogens is 277 g/mol. The minimum absolute atomic E-state index is 0.00727. The Morgan fingerprint density at radius 2 is 2.30 bits per heavy atom. The summed E-state index contributed by atoms with van der Waals surface area (Å²) in [6.07, 6.45) is 0.743. The molecule has 0 aromatic heterocycles. The molecule has 0 atom stereocenters. The molecule has 1 saturated carbocycles. The van der Waals surface area contributed by atoms with E-state index < -0.39 is 5.67 Å². The van der Waals surface area contributed by atoms with Gasteiger partial charge < -0.3 is 11.1 Å². The van der Waals surface area contributed by atoms with Crippen LogP contribution in [0.15, 0.2) is 41.4 Å². The fourth-order valence-electron chi connectivity index (χ4n) is 2.30. The van der Waals surface area contributed by atoms with Gasteiger partial charge in [-0.3, -0.25) is 0 Å². The van der Waals surface area contributed by atoms with Gasteiger partial charge in [0.2, 0.25) is 0 Å². The quantitative estimate of drug-likeness (QED) is 0.509. The molecule has 0 bridgehead atoms. The highest BCUT2D eigenvalue weighted by molar-refractivity contribution is 6.30. The lowest BCUT2D eigenvalue weighted by Crippen LogP contribution is -2.53. The first-order valence-corrected chi connectivity index (χ1v) is 6.93. The van der Waals surface area contributed by atoms with Crippen molar-refractivity contribution in [2.24, 2.45) is 10.7 Å². The van der Waals surface area contributed by atoms with E-state index in [1.54, 1.807) is 24.3 Å². The average molecular weight is 296 g/mol. The van der Waals surface area contributed by atoms with E-state index in [-0.39, 0.29) is 6.04 Å². The predicted molar refractivity (Wildman–Crippen MR) is 81.7 cm³/mol. The zero-order valence-electron chi connectivity index (χ0n) is 11.5. The summed E-state index contributed by atoms with van der Waals surface area (Å²) in [7, 11) is 0. The molecule has 0 heterocycles. The van der Waals surface area contributed by atoms with Gasteiger partial charge in [0.05, 0.1) is 6.54 Å². The predicted octanol–water partition coefficient (Wildman–Crippen LogP) is 3.15. The van der Waals surface area contributed by atoms with Crippen molar-refractivity contribution in [1.29, 1.82) is 0 Å². The minimum atomic E-state index is -1.32. The van der Waals surface area contributed by atoms with Crippen molar-refractivity contribution in [1.82, 2.24) is 5.32 Å². The van der Waals surface area contributed by atoms with Crippen LogP contribution in [-0.2, 0) is 5.67 Å². The molecule has 0 unspecified atom stereocenters. The summed E-state index contributed by atoms with van der Waals surface area (Å²) in [6, 6.07) is 6.96. The number of aliphatic imine (C=N–C) groups is 1. The van der Waals surface area contributed by atoms with Crippen LogP contribution in [0.3, 0.4) is 0 Å². The van der Waals surface area contributed by atoms with E-state index in [9.17, 15) is 4.39 Å². The van der Waals surface area contributed by atoms with Gasteiger partial charge in [-0.1, -0.05) is 35.9 Å². The summed E-state index contributed by atoms with van der Waals surface area (Å²) in [5.41, 5.74) is 5.97. The maximum atomic E-state index is 14.6. The van der Waals surface area contributed by atoms with E-state index in [1.807, 2.05) is 6.92 Å². The number of hydrogen-bond donors (Lipinski definition) is 2. The van der Waals surface area contributed by atoms with Crippen LogP contribution in [0.25, 0.3) is 0 Å². The second-order valence-electron chi connectivity index (χ2n) is 5.38. The molecule has 108 valence electrons. The van der Waals surface area contributed by atoms with Gasteiger partial charge in [-0.25, -0.2) is 9.38 Å². The molecule has 0 radical (unpaired) electrons. The van der Waals surface area contributed by atoms with Crippen LogP contribution < -0.4 is 11.1 Å². The molecule has 0 amide bonds. The van der Waals surface area contributed by atoms with Gasteiger partial charge in [-0.15, -0.1) is 0 Å². The van der Waals surface area contributed by atoms with Gasteiger partial charge in [0, 0.05) is 23.9 Å². The van der Waals surface area contributed by atoms with E-state index in [0.717, 1.165) is 5.57 Å². The lowest BCUT2D eigenvalue weighted by atomic mass is 9.73. The third-order valence-electron chi connectivity index (χ3n) is 3.35. The second-order valence-corrected chi connectivity index (χ2v) is 5.82. The minimum Gasteiger partial charge on any atom is -0.370 e. The highest BCUT2D eigenvalue weighted by Crippen LogP contribution is 2.45. The van der Waals surface area contributed by atoms with E-state index in [4.69, 9.17) is 17.3 Å². The highest BCUT2D eigenvalue weighted by atomic mass is 35.5. The van der Waals surface area contributed by atoms with E-state index in [0.29, 0.717) is 35.9 Å². The molecule has 0 spiro atoms. The maximum absolute atomic E-state index is 14.6. The van der Waals surface area contributed by atoms with Crippen molar-refractivity contribution in [2.45, 2.75) is 31.5 Å². The summed E-state index contributed by atoms with van der Waals surface area (Å²) in [6.45, 7) is 6.12. The number of hydrogen-bond acceptors (Lipinski definition) is 1. The largest absolute Gasteiger partial charge is 0.370 e. The first-order chi connectivity index (χ1) is 9.39. The van der Waals surface area contributed by atoms with E-state index >= 15 is 0 Å². The maximum Gasteiger partial charge on any atom is 0.189 e. The summed E-state index contributed by atoms with van der Waals surface area (Å²) in [4.78, 5) is 4.12. The Bertz CT molecular complexity index is 536. The Kier molecular flexibility index (Phi) is 4.33. The number of guanidine groups is 1. The second kappa shape index (κ2) is 5.83. The molecule has 1 fully saturated rings. The SMILES string of the molecule is C=C(C)CN=C(N)NC1CC(F)(c2cccc(Cl)c2)C1. The van der Waals surface area contributed by atoms with Crippen molar-refractivity contribution < 1.29 is 4.39 Å².